The van der Waals surface area contributed by atoms with E-state index in [2.05, 4.69) is 15.3 Å². The summed E-state index contributed by atoms with van der Waals surface area (Å²) in [5.74, 6) is -4.72. The van der Waals surface area contributed by atoms with Gasteiger partial charge in [-0.2, -0.15) is 0 Å². The summed E-state index contributed by atoms with van der Waals surface area (Å²) in [5, 5.41) is 13.1. The number of nitrogens with zero attached hydrogens (tertiary/aromatic N) is 2. The van der Waals surface area contributed by atoms with E-state index in [0.717, 1.165) is 18.2 Å². The minimum Gasteiger partial charge on any atom is -0.480 e. The van der Waals surface area contributed by atoms with Gasteiger partial charge >= 0.3 is 5.97 Å². The Morgan fingerprint density at radius 3 is 2.32 bits per heavy atom. The number of benzene rings is 2. The van der Waals surface area contributed by atoms with E-state index in [-0.39, 0.29) is 6.42 Å². The normalized spacial score (nSPS) is 11.9. The van der Waals surface area contributed by atoms with Crippen molar-refractivity contribution in [3.63, 3.8) is 0 Å². The number of carboxylic acids is 1. The van der Waals surface area contributed by atoms with Gasteiger partial charge in [0.15, 0.2) is 0 Å². The first kappa shape index (κ1) is 23.5. The van der Waals surface area contributed by atoms with Crippen LogP contribution < -0.4 is 5.32 Å². The van der Waals surface area contributed by atoms with Crippen molar-refractivity contribution in [2.24, 2.45) is 0 Å². The van der Waals surface area contributed by atoms with E-state index >= 15 is 0 Å². The van der Waals surface area contributed by atoms with Crippen molar-refractivity contribution in [1.82, 2.24) is 15.3 Å². The van der Waals surface area contributed by atoms with E-state index in [1.54, 1.807) is 30.5 Å². The van der Waals surface area contributed by atoms with E-state index in [1.807, 2.05) is 0 Å². The first-order valence-corrected chi connectivity index (χ1v) is 10.7. The number of nitrogens with one attached hydrogen (secondary N) is 1. The summed E-state index contributed by atoms with van der Waals surface area (Å²) in [6.45, 7) is 0. The molecule has 1 atom stereocenters. The van der Waals surface area contributed by atoms with Gasteiger partial charge in [0.25, 0.3) is 5.91 Å². The molecule has 1 amide bonds. The number of hydrogen-bond donors (Lipinski definition) is 2. The molecule has 0 saturated carbocycles. The maximum atomic E-state index is 14.0. The van der Waals surface area contributed by atoms with Gasteiger partial charge in [-0.1, -0.05) is 47.5 Å². The van der Waals surface area contributed by atoms with Crippen LogP contribution in [0.2, 0.25) is 10.0 Å². The molecule has 34 heavy (non-hydrogen) atoms. The molecule has 4 rings (SSSR count). The zero-order chi connectivity index (χ0) is 24.4. The minimum atomic E-state index is -1.46. The van der Waals surface area contributed by atoms with Crippen LogP contribution in [0.15, 0.2) is 61.1 Å². The van der Waals surface area contributed by atoms with Gasteiger partial charge in [0.05, 0.1) is 15.6 Å². The summed E-state index contributed by atoms with van der Waals surface area (Å²) in [6.07, 6.45) is 4.29. The summed E-state index contributed by atoms with van der Waals surface area (Å²) in [6, 6.07) is 8.25. The maximum absolute atomic E-state index is 14.0. The Labute approximate surface area is 202 Å². The zero-order valence-corrected chi connectivity index (χ0v) is 18.7. The van der Waals surface area contributed by atoms with E-state index < -0.39 is 35.1 Å². The summed E-state index contributed by atoms with van der Waals surface area (Å²) >= 11 is 12.6. The molecule has 2 N–H and O–H groups in total. The SMILES string of the molecule is O=C(NC(Cc1ccc(-c2c(Cl)cncc2Cl)c2ncccc12)C(=O)O)c1c(F)cccc1F. The maximum Gasteiger partial charge on any atom is 0.326 e. The number of carboxylic acid groups (broad SMARTS) is 1. The second kappa shape index (κ2) is 9.70. The van der Waals surface area contributed by atoms with E-state index in [1.165, 1.54) is 12.4 Å². The third-order valence-corrected chi connectivity index (χ3v) is 5.77. The van der Waals surface area contributed by atoms with Gasteiger partial charge in [-0.3, -0.25) is 14.8 Å². The Hall–Kier alpha value is -3.62. The van der Waals surface area contributed by atoms with Crippen LogP contribution in [0.25, 0.3) is 22.0 Å². The number of aromatic nitrogens is 2. The van der Waals surface area contributed by atoms with Gasteiger partial charge in [0.1, 0.15) is 23.2 Å². The van der Waals surface area contributed by atoms with Crippen molar-refractivity contribution in [3.05, 3.63) is 93.9 Å². The lowest BCUT2D eigenvalue weighted by Gasteiger charge is -2.18. The molecule has 2 aromatic heterocycles. The second-order valence-electron chi connectivity index (χ2n) is 7.32. The predicted molar refractivity (Wildman–Crippen MR) is 124 cm³/mol. The highest BCUT2D eigenvalue weighted by Crippen LogP contribution is 2.38. The number of aliphatic carboxylic acids is 1. The van der Waals surface area contributed by atoms with Crippen molar-refractivity contribution < 1.29 is 23.5 Å². The van der Waals surface area contributed by atoms with Crippen LogP contribution in [0.3, 0.4) is 0 Å². The van der Waals surface area contributed by atoms with E-state index in [0.29, 0.717) is 37.6 Å². The topological polar surface area (TPSA) is 92.2 Å². The molecule has 10 heteroatoms. The van der Waals surface area contributed by atoms with E-state index in [4.69, 9.17) is 23.2 Å². The van der Waals surface area contributed by atoms with Crippen LogP contribution in [0.1, 0.15) is 15.9 Å². The third-order valence-electron chi connectivity index (χ3n) is 5.20. The molecule has 0 radical (unpaired) electrons. The summed E-state index contributed by atoms with van der Waals surface area (Å²) in [7, 11) is 0. The fourth-order valence-electron chi connectivity index (χ4n) is 3.65. The molecular formula is C24H15Cl2F2N3O3. The first-order chi connectivity index (χ1) is 16.3. The molecule has 0 spiro atoms. The summed E-state index contributed by atoms with van der Waals surface area (Å²) in [4.78, 5) is 32.7. The lowest BCUT2D eigenvalue weighted by atomic mass is 9.95. The van der Waals surface area contributed by atoms with Crippen molar-refractivity contribution in [2.75, 3.05) is 0 Å². The van der Waals surface area contributed by atoms with Gasteiger partial charge < -0.3 is 10.4 Å². The van der Waals surface area contributed by atoms with Crippen LogP contribution in [0.5, 0.6) is 0 Å². The summed E-state index contributed by atoms with van der Waals surface area (Å²) < 4.78 is 28.0. The molecule has 2 heterocycles. The fourth-order valence-corrected chi connectivity index (χ4v) is 4.21. The Kier molecular flexibility index (Phi) is 6.72. The molecule has 0 bridgehead atoms. The van der Waals surface area contributed by atoms with Crippen molar-refractivity contribution in [3.8, 4) is 11.1 Å². The van der Waals surface area contributed by atoms with Crippen LogP contribution in [0, 0.1) is 11.6 Å². The Morgan fingerprint density at radius 2 is 1.68 bits per heavy atom. The molecule has 0 aliphatic carbocycles. The van der Waals surface area contributed by atoms with Gasteiger partial charge in [-0.05, 0) is 23.8 Å². The molecule has 172 valence electrons. The van der Waals surface area contributed by atoms with Crippen LogP contribution in [0.4, 0.5) is 8.78 Å². The number of amides is 1. The fraction of sp³-hybridized carbons (Fsp3) is 0.0833. The van der Waals surface area contributed by atoms with Gasteiger partial charge in [-0.15, -0.1) is 0 Å². The smallest absolute Gasteiger partial charge is 0.326 e. The summed E-state index contributed by atoms with van der Waals surface area (Å²) in [5.41, 5.74) is 1.32. The number of carbonyl (C=O) groups excluding carboxylic acids is 1. The average Bonchev–Trinajstić information content (AvgIpc) is 2.79. The molecule has 0 aliphatic rings. The van der Waals surface area contributed by atoms with Crippen LogP contribution in [-0.4, -0.2) is 33.0 Å². The minimum absolute atomic E-state index is 0.169. The van der Waals surface area contributed by atoms with Crippen LogP contribution in [-0.2, 0) is 11.2 Å². The highest BCUT2D eigenvalue weighted by molar-refractivity contribution is 6.39. The van der Waals surface area contributed by atoms with Gasteiger partial charge in [0, 0.05) is 41.5 Å². The Balaban J connectivity index is 1.72. The Bertz CT molecular complexity index is 1390. The highest BCUT2D eigenvalue weighted by Gasteiger charge is 2.26. The van der Waals surface area contributed by atoms with Crippen molar-refractivity contribution in [2.45, 2.75) is 12.5 Å². The molecule has 0 fully saturated rings. The quantitative estimate of drug-likeness (QED) is 0.373. The molecule has 4 aromatic rings. The predicted octanol–water partition coefficient (Wildman–Crippen LogP) is 5.31. The second-order valence-corrected chi connectivity index (χ2v) is 8.13. The third kappa shape index (κ3) is 4.55. The molecular weight excluding hydrogens is 487 g/mol. The van der Waals surface area contributed by atoms with Crippen molar-refractivity contribution >= 4 is 46.0 Å². The lowest BCUT2D eigenvalue weighted by molar-refractivity contribution is -0.139. The average molecular weight is 502 g/mol. The number of fused-ring (bicyclic) bond motifs is 1. The van der Waals surface area contributed by atoms with Gasteiger partial charge in [-0.25, -0.2) is 13.6 Å². The number of carbonyl (C=O) groups is 2. The zero-order valence-electron chi connectivity index (χ0n) is 17.2. The Morgan fingerprint density at radius 1 is 1.00 bits per heavy atom. The molecule has 2 aromatic carbocycles. The number of halogens is 4. The van der Waals surface area contributed by atoms with Crippen molar-refractivity contribution in [1.29, 1.82) is 0 Å². The van der Waals surface area contributed by atoms with Crippen LogP contribution >= 0.6 is 23.2 Å². The number of hydrogen-bond acceptors (Lipinski definition) is 4. The number of rotatable bonds is 6. The largest absolute Gasteiger partial charge is 0.480 e. The molecule has 6 nitrogen and oxygen atoms in total. The van der Waals surface area contributed by atoms with E-state index in [9.17, 15) is 23.5 Å². The first-order valence-electron chi connectivity index (χ1n) is 9.91. The number of pyridine rings is 2. The lowest BCUT2D eigenvalue weighted by Crippen LogP contribution is -2.43. The monoisotopic (exact) mass is 501 g/mol. The molecule has 0 saturated heterocycles. The highest BCUT2D eigenvalue weighted by atomic mass is 35.5. The molecule has 0 aliphatic heterocycles. The molecule has 1 unspecified atom stereocenters. The van der Waals surface area contributed by atoms with Gasteiger partial charge in [0.2, 0.25) is 0 Å². The standard InChI is InChI=1S/C24H15Cl2F2N3O3/c25-15-10-29-11-16(26)20(15)14-7-6-12(13-3-2-8-30-22(13)14)9-19(24(33)34)31-23(32)21-17(27)4-1-5-18(21)28/h1-8,10-11,19H,9H2,(H,31,32)(H,33,34).